The Balaban J connectivity index is 1.68. The fraction of sp³-hybridized carbons (Fsp3) is 0.611. The van der Waals surface area contributed by atoms with Crippen LogP contribution in [-0.4, -0.2) is 61.0 Å². The van der Waals surface area contributed by atoms with E-state index in [4.69, 9.17) is 4.74 Å². The highest BCUT2D eigenvalue weighted by Crippen LogP contribution is 2.33. The number of nitrogens with one attached hydrogen (secondary N) is 2. The number of ether oxygens (including phenoxy) is 1. The summed E-state index contributed by atoms with van der Waals surface area (Å²) in [5, 5.41) is 2.77. The summed E-state index contributed by atoms with van der Waals surface area (Å²) >= 11 is 0. The van der Waals surface area contributed by atoms with Gasteiger partial charge < -0.3 is 15.0 Å². The van der Waals surface area contributed by atoms with E-state index in [2.05, 4.69) is 15.2 Å². The molecule has 1 amide bonds. The molecule has 7 heteroatoms. The van der Waals surface area contributed by atoms with Gasteiger partial charge in [-0.2, -0.15) is 0 Å². The summed E-state index contributed by atoms with van der Waals surface area (Å²) in [6.45, 7) is 8.27. The number of hydrogen-bond donors (Lipinski definition) is 2. The third-order valence-electron chi connectivity index (χ3n) is 4.78. The zero-order valence-electron chi connectivity index (χ0n) is 14.8. The number of amides is 1. The van der Waals surface area contributed by atoms with Crippen molar-refractivity contribution in [1.29, 1.82) is 0 Å². The Kier molecular flexibility index (Phi) is 5.06. The zero-order valence-corrected chi connectivity index (χ0v) is 14.8. The molecule has 1 aliphatic heterocycles. The van der Waals surface area contributed by atoms with E-state index in [0.717, 1.165) is 13.1 Å². The quantitative estimate of drug-likeness (QED) is 0.832. The van der Waals surface area contributed by atoms with E-state index in [9.17, 15) is 14.4 Å². The van der Waals surface area contributed by atoms with Gasteiger partial charge in [0.05, 0.1) is 13.2 Å². The first-order valence-corrected chi connectivity index (χ1v) is 8.73. The predicted octanol–water partition coefficient (Wildman–Crippen LogP) is 0.592. The molecule has 136 valence electrons. The predicted molar refractivity (Wildman–Crippen MR) is 93.1 cm³/mol. The van der Waals surface area contributed by atoms with Gasteiger partial charge in [-0.25, -0.2) is 0 Å². The lowest BCUT2D eigenvalue weighted by molar-refractivity contribution is 0.0383. The fourth-order valence-electron chi connectivity index (χ4n) is 3.44. The second-order valence-electron chi connectivity index (χ2n) is 7.56. The molecule has 1 aliphatic carbocycles. The minimum atomic E-state index is -0.437. The Morgan fingerprint density at radius 3 is 2.72 bits per heavy atom. The van der Waals surface area contributed by atoms with Crippen LogP contribution in [0.5, 0.6) is 0 Å². The average Bonchev–Trinajstić information content (AvgIpc) is 2.54. The second-order valence-corrected chi connectivity index (χ2v) is 7.56. The van der Waals surface area contributed by atoms with Crippen molar-refractivity contribution < 1.29 is 14.3 Å². The van der Waals surface area contributed by atoms with Crippen molar-refractivity contribution in [2.24, 2.45) is 5.41 Å². The summed E-state index contributed by atoms with van der Waals surface area (Å²) in [5.41, 5.74) is 0.505. The van der Waals surface area contributed by atoms with Gasteiger partial charge in [0.2, 0.25) is 0 Å². The van der Waals surface area contributed by atoms with Crippen LogP contribution in [-0.2, 0) is 11.2 Å². The Morgan fingerprint density at radius 2 is 2.00 bits per heavy atom. The normalized spacial score (nSPS) is 20.2. The smallest absolute Gasteiger partial charge is 0.261 e. The number of aromatic nitrogens is 1. The van der Waals surface area contributed by atoms with Crippen LogP contribution in [0.15, 0.2) is 10.9 Å². The lowest BCUT2D eigenvalue weighted by atomic mass is 9.75. The third kappa shape index (κ3) is 4.16. The minimum absolute atomic E-state index is 0.00813. The van der Waals surface area contributed by atoms with Crippen LogP contribution in [0.25, 0.3) is 0 Å². The summed E-state index contributed by atoms with van der Waals surface area (Å²) in [4.78, 5) is 41.9. The van der Waals surface area contributed by atoms with Crippen LogP contribution >= 0.6 is 0 Å². The monoisotopic (exact) mass is 347 g/mol. The number of pyridine rings is 1. The second kappa shape index (κ2) is 7.09. The van der Waals surface area contributed by atoms with E-state index >= 15 is 0 Å². The van der Waals surface area contributed by atoms with Crippen molar-refractivity contribution in [2.75, 3.05) is 39.4 Å². The van der Waals surface area contributed by atoms with Crippen LogP contribution in [0.2, 0.25) is 0 Å². The highest BCUT2D eigenvalue weighted by atomic mass is 16.5. The first-order chi connectivity index (χ1) is 11.9. The minimum Gasteiger partial charge on any atom is -0.379 e. The van der Waals surface area contributed by atoms with Crippen molar-refractivity contribution in [3.8, 4) is 0 Å². The number of carbonyl (C=O) groups is 2. The highest BCUT2D eigenvalue weighted by molar-refractivity contribution is 6.02. The Hall–Kier alpha value is -1.99. The SMILES string of the molecule is CC1(C)CC(=O)c2cc(C(=O)NCCN3CCOCC3)c(=O)[nH]c2C1. The molecule has 0 atom stereocenters. The molecule has 2 heterocycles. The number of rotatable bonds is 4. The lowest BCUT2D eigenvalue weighted by Crippen LogP contribution is -2.42. The highest BCUT2D eigenvalue weighted by Gasteiger charge is 2.32. The number of Topliss-reactive ketones (excluding diaryl/α,β-unsaturated/α-hetero) is 1. The first-order valence-electron chi connectivity index (χ1n) is 8.73. The van der Waals surface area contributed by atoms with Gasteiger partial charge in [0.1, 0.15) is 5.56 Å². The number of fused-ring (bicyclic) bond motifs is 1. The summed E-state index contributed by atoms with van der Waals surface area (Å²) in [7, 11) is 0. The van der Waals surface area contributed by atoms with E-state index in [1.54, 1.807) is 0 Å². The summed E-state index contributed by atoms with van der Waals surface area (Å²) in [6, 6.07) is 1.45. The van der Waals surface area contributed by atoms with Crippen LogP contribution in [0.4, 0.5) is 0 Å². The molecular formula is C18H25N3O4. The van der Waals surface area contributed by atoms with Gasteiger partial charge in [-0.15, -0.1) is 0 Å². The van der Waals surface area contributed by atoms with Gasteiger partial charge in [-0.3, -0.25) is 19.3 Å². The van der Waals surface area contributed by atoms with Crippen molar-refractivity contribution in [1.82, 2.24) is 15.2 Å². The third-order valence-corrected chi connectivity index (χ3v) is 4.78. The molecule has 1 aromatic rings. The van der Waals surface area contributed by atoms with Crippen molar-refractivity contribution in [3.63, 3.8) is 0 Å². The van der Waals surface area contributed by atoms with Gasteiger partial charge in [0.25, 0.3) is 11.5 Å². The van der Waals surface area contributed by atoms with Gasteiger partial charge in [-0.05, 0) is 17.9 Å². The Labute approximate surface area is 146 Å². The van der Waals surface area contributed by atoms with Crippen molar-refractivity contribution in [3.05, 3.63) is 33.2 Å². The summed E-state index contributed by atoms with van der Waals surface area (Å²) in [6.07, 6.45) is 1.05. The number of aromatic amines is 1. The Bertz CT molecular complexity index is 732. The molecule has 2 aliphatic rings. The molecule has 1 saturated heterocycles. The molecule has 0 radical (unpaired) electrons. The first kappa shape index (κ1) is 17.8. The van der Waals surface area contributed by atoms with Crippen LogP contribution in [0.1, 0.15) is 46.7 Å². The fourth-order valence-corrected chi connectivity index (χ4v) is 3.44. The molecule has 7 nitrogen and oxygen atoms in total. The van der Waals surface area contributed by atoms with Gasteiger partial charge in [0, 0.05) is 43.9 Å². The van der Waals surface area contributed by atoms with Gasteiger partial charge in [-0.1, -0.05) is 13.8 Å². The van der Waals surface area contributed by atoms with Crippen LogP contribution < -0.4 is 10.9 Å². The maximum Gasteiger partial charge on any atom is 0.261 e. The van der Waals surface area contributed by atoms with E-state index in [1.165, 1.54) is 6.07 Å². The maximum atomic E-state index is 12.3. The number of H-pyrrole nitrogens is 1. The van der Waals surface area contributed by atoms with E-state index in [0.29, 0.717) is 50.4 Å². The van der Waals surface area contributed by atoms with E-state index < -0.39 is 11.5 Å². The van der Waals surface area contributed by atoms with Gasteiger partial charge in [0.15, 0.2) is 5.78 Å². The van der Waals surface area contributed by atoms with Crippen LogP contribution in [0, 0.1) is 5.41 Å². The molecule has 1 fully saturated rings. The molecule has 1 aromatic heterocycles. The number of morpholine rings is 1. The van der Waals surface area contributed by atoms with Gasteiger partial charge >= 0.3 is 0 Å². The number of nitrogens with zero attached hydrogens (tertiary/aromatic N) is 1. The molecule has 2 N–H and O–H groups in total. The van der Waals surface area contributed by atoms with Crippen LogP contribution in [0.3, 0.4) is 0 Å². The molecule has 0 saturated carbocycles. The zero-order chi connectivity index (χ0) is 18.0. The maximum absolute atomic E-state index is 12.3. The molecule has 3 rings (SSSR count). The number of carbonyl (C=O) groups excluding carboxylic acids is 2. The molecular weight excluding hydrogens is 322 g/mol. The number of hydrogen-bond acceptors (Lipinski definition) is 5. The molecule has 0 aromatic carbocycles. The van der Waals surface area contributed by atoms with Crippen molar-refractivity contribution in [2.45, 2.75) is 26.7 Å². The Morgan fingerprint density at radius 1 is 1.28 bits per heavy atom. The summed E-state index contributed by atoms with van der Waals surface area (Å²) in [5.74, 6) is -0.459. The largest absolute Gasteiger partial charge is 0.379 e. The molecule has 25 heavy (non-hydrogen) atoms. The van der Waals surface area contributed by atoms with E-state index in [-0.39, 0.29) is 16.8 Å². The van der Waals surface area contributed by atoms with Crippen molar-refractivity contribution >= 4 is 11.7 Å². The average molecular weight is 347 g/mol. The number of ketones is 1. The standard InChI is InChI=1S/C18H25N3O4/c1-18(2)10-14-12(15(22)11-18)9-13(17(24)20-14)16(23)19-3-4-21-5-7-25-8-6-21/h9H,3-8,10-11H2,1-2H3,(H,19,23)(H,20,24). The molecule has 0 bridgehead atoms. The topological polar surface area (TPSA) is 91.5 Å². The molecule has 0 spiro atoms. The lowest BCUT2D eigenvalue weighted by Gasteiger charge is -2.29. The van der Waals surface area contributed by atoms with E-state index in [1.807, 2.05) is 13.8 Å². The molecule has 0 unspecified atom stereocenters. The summed E-state index contributed by atoms with van der Waals surface area (Å²) < 4.78 is 5.28.